The summed E-state index contributed by atoms with van der Waals surface area (Å²) in [5.74, 6) is -0.217. The van der Waals surface area contributed by atoms with Crippen LogP contribution in [0.25, 0.3) is 0 Å². The van der Waals surface area contributed by atoms with E-state index >= 15 is 0 Å². The van der Waals surface area contributed by atoms with Crippen molar-refractivity contribution in [2.75, 3.05) is 0 Å². The third-order valence-electron chi connectivity index (χ3n) is 1.21. The quantitative estimate of drug-likeness (QED) is 0.542. The maximum atomic E-state index is 12.2. The lowest BCUT2D eigenvalue weighted by atomic mass is 10.1. The van der Waals surface area contributed by atoms with Crippen LogP contribution in [0.1, 0.15) is 13.8 Å². The third-order valence-corrected chi connectivity index (χ3v) is 1.21. The van der Waals surface area contributed by atoms with Gasteiger partial charge in [-0.25, -0.2) is 4.39 Å². The van der Waals surface area contributed by atoms with Crippen LogP contribution in [0.15, 0.2) is 48.4 Å². The summed E-state index contributed by atoms with van der Waals surface area (Å²) < 4.78 is 12.2. The number of rotatable bonds is 3. The van der Waals surface area contributed by atoms with E-state index in [0.29, 0.717) is 0 Å². The van der Waals surface area contributed by atoms with Crippen LogP contribution in [-0.4, -0.2) is 0 Å². The van der Waals surface area contributed by atoms with Gasteiger partial charge in [0, 0.05) is 0 Å². The highest BCUT2D eigenvalue weighted by atomic mass is 19.1. The molecule has 0 heterocycles. The zero-order valence-corrected chi connectivity index (χ0v) is 7.02. The average Bonchev–Trinajstić information content (AvgIpc) is 1.87. The summed E-state index contributed by atoms with van der Waals surface area (Å²) in [5.41, 5.74) is 1.75. The number of hydrogen-bond acceptors (Lipinski definition) is 0. The van der Waals surface area contributed by atoms with Gasteiger partial charge in [-0.2, -0.15) is 0 Å². The van der Waals surface area contributed by atoms with E-state index in [9.17, 15) is 4.39 Å². The molecule has 0 aromatic carbocycles. The van der Waals surface area contributed by atoms with Crippen LogP contribution in [0.3, 0.4) is 0 Å². The van der Waals surface area contributed by atoms with Crippen molar-refractivity contribution >= 4 is 0 Å². The van der Waals surface area contributed by atoms with Crippen LogP contribution in [0, 0.1) is 0 Å². The Labute approximate surface area is 67.4 Å². The molecule has 0 amide bonds. The first-order valence-corrected chi connectivity index (χ1v) is 3.40. The zero-order chi connectivity index (χ0) is 8.85. The lowest BCUT2D eigenvalue weighted by Gasteiger charge is -1.95. The van der Waals surface area contributed by atoms with Gasteiger partial charge < -0.3 is 0 Å². The predicted octanol–water partition coefficient (Wildman–Crippen LogP) is 3.55. The molecule has 60 valence electrons. The Hall–Kier alpha value is -1.11. The van der Waals surface area contributed by atoms with Gasteiger partial charge in [0.05, 0.1) is 5.83 Å². The Kier molecular flexibility index (Phi) is 4.20. The van der Waals surface area contributed by atoms with Gasteiger partial charge in [0.2, 0.25) is 0 Å². The number of halogens is 1. The second-order valence-corrected chi connectivity index (χ2v) is 2.36. The molecule has 0 radical (unpaired) electrons. The first-order valence-electron chi connectivity index (χ1n) is 3.40. The van der Waals surface area contributed by atoms with E-state index in [1.165, 1.54) is 13.0 Å². The summed E-state index contributed by atoms with van der Waals surface area (Å²) in [4.78, 5) is 0. The van der Waals surface area contributed by atoms with E-state index in [0.717, 1.165) is 11.1 Å². The fraction of sp³-hybridized carbons (Fsp3) is 0.200. The topological polar surface area (TPSA) is 0 Å². The third kappa shape index (κ3) is 4.31. The van der Waals surface area contributed by atoms with Crippen molar-refractivity contribution in [2.24, 2.45) is 0 Å². The van der Waals surface area contributed by atoms with Gasteiger partial charge in [0.1, 0.15) is 0 Å². The summed E-state index contributed by atoms with van der Waals surface area (Å²) in [6.07, 6.45) is 4.71. The molecule has 0 atom stereocenters. The normalized spacial score (nSPS) is 13.0. The van der Waals surface area contributed by atoms with Crippen molar-refractivity contribution in [2.45, 2.75) is 13.8 Å². The van der Waals surface area contributed by atoms with E-state index in [4.69, 9.17) is 0 Å². The molecule has 0 aliphatic carbocycles. The summed E-state index contributed by atoms with van der Waals surface area (Å²) in [5, 5.41) is 0. The second kappa shape index (κ2) is 4.67. The molecule has 0 nitrogen and oxygen atoms in total. The zero-order valence-electron chi connectivity index (χ0n) is 7.02. The average molecular weight is 152 g/mol. The van der Waals surface area contributed by atoms with Crippen molar-refractivity contribution in [3.8, 4) is 0 Å². The highest BCUT2D eigenvalue weighted by Gasteiger charge is 1.88. The molecule has 0 fully saturated rings. The van der Waals surface area contributed by atoms with Crippen molar-refractivity contribution in [3.05, 3.63) is 48.4 Å². The van der Waals surface area contributed by atoms with E-state index in [1.54, 1.807) is 12.2 Å². The lowest BCUT2D eigenvalue weighted by Crippen LogP contribution is -1.76. The molecule has 0 unspecified atom stereocenters. The van der Waals surface area contributed by atoms with Gasteiger partial charge in [-0.05, 0) is 25.5 Å². The van der Waals surface area contributed by atoms with Gasteiger partial charge in [-0.1, -0.05) is 30.9 Å². The maximum Gasteiger partial charge on any atom is 0.0968 e. The minimum Gasteiger partial charge on any atom is -0.212 e. The lowest BCUT2D eigenvalue weighted by molar-refractivity contribution is 0.640. The smallest absolute Gasteiger partial charge is 0.0968 e. The number of allylic oxidation sites excluding steroid dienone is 6. The van der Waals surface area contributed by atoms with Crippen molar-refractivity contribution in [3.63, 3.8) is 0 Å². The fourth-order valence-electron chi connectivity index (χ4n) is 0.589. The van der Waals surface area contributed by atoms with Gasteiger partial charge in [0.15, 0.2) is 0 Å². The van der Waals surface area contributed by atoms with Crippen molar-refractivity contribution < 1.29 is 4.39 Å². The molecule has 0 N–H and O–H groups in total. The molecule has 0 rings (SSSR count). The van der Waals surface area contributed by atoms with Crippen molar-refractivity contribution in [1.82, 2.24) is 0 Å². The van der Waals surface area contributed by atoms with Crippen LogP contribution in [0.5, 0.6) is 0 Å². The summed E-state index contributed by atoms with van der Waals surface area (Å²) in [7, 11) is 0. The van der Waals surface area contributed by atoms with E-state index in [-0.39, 0.29) is 5.83 Å². The maximum absolute atomic E-state index is 12.2. The molecule has 11 heavy (non-hydrogen) atoms. The Morgan fingerprint density at radius 1 is 1.27 bits per heavy atom. The Balaban J connectivity index is 4.50. The molecule has 0 saturated heterocycles. The SMILES string of the molecule is C=C/C(=C\C=C(/C)F)C(=C)C. The largest absolute Gasteiger partial charge is 0.212 e. The molecule has 0 aliphatic heterocycles. The van der Waals surface area contributed by atoms with E-state index in [2.05, 4.69) is 13.2 Å². The van der Waals surface area contributed by atoms with Crippen LogP contribution >= 0.6 is 0 Å². The van der Waals surface area contributed by atoms with Crippen LogP contribution < -0.4 is 0 Å². The molecular weight excluding hydrogens is 139 g/mol. The van der Waals surface area contributed by atoms with Gasteiger partial charge in [-0.3, -0.25) is 0 Å². The molecule has 0 saturated carbocycles. The highest BCUT2D eigenvalue weighted by molar-refractivity contribution is 5.38. The molecule has 0 aliphatic rings. The molecule has 1 heteroatoms. The Morgan fingerprint density at radius 3 is 2.09 bits per heavy atom. The first-order chi connectivity index (χ1) is 5.07. The molecule has 0 aromatic heterocycles. The van der Waals surface area contributed by atoms with Gasteiger partial charge >= 0.3 is 0 Å². The Morgan fingerprint density at radius 2 is 1.82 bits per heavy atom. The molecule has 0 aromatic rings. The highest BCUT2D eigenvalue weighted by Crippen LogP contribution is 2.08. The van der Waals surface area contributed by atoms with E-state index in [1.807, 2.05) is 6.92 Å². The standard InChI is InChI=1S/C10H13F/c1-5-10(8(2)3)7-6-9(4)11/h5-7H,1-2H2,3-4H3/b9-6+,10-7+. The van der Waals surface area contributed by atoms with Crippen LogP contribution in [-0.2, 0) is 0 Å². The monoisotopic (exact) mass is 152 g/mol. The summed E-state index contributed by atoms with van der Waals surface area (Å²) in [6, 6.07) is 0. The van der Waals surface area contributed by atoms with Gasteiger partial charge in [0.25, 0.3) is 0 Å². The minimum atomic E-state index is -0.217. The molecule has 0 bridgehead atoms. The Bertz CT molecular complexity index is 215. The fourth-order valence-corrected chi connectivity index (χ4v) is 0.589. The molecular formula is C10H13F. The molecule has 0 spiro atoms. The number of hydrogen-bond donors (Lipinski definition) is 0. The van der Waals surface area contributed by atoms with Crippen molar-refractivity contribution in [1.29, 1.82) is 0 Å². The minimum absolute atomic E-state index is 0.217. The second-order valence-electron chi connectivity index (χ2n) is 2.36. The van der Waals surface area contributed by atoms with E-state index < -0.39 is 0 Å². The predicted molar refractivity (Wildman–Crippen MR) is 48.0 cm³/mol. The summed E-state index contributed by atoms with van der Waals surface area (Å²) >= 11 is 0. The van der Waals surface area contributed by atoms with Gasteiger partial charge in [-0.15, -0.1) is 0 Å². The summed E-state index contributed by atoms with van der Waals surface area (Å²) in [6.45, 7) is 10.5. The van der Waals surface area contributed by atoms with Crippen LogP contribution in [0.2, 0.25) is 0 Å². The van der Waals surface area contributed by atoms with Crippen LogP contribution in [0.4, 0.5) is 4.39 Å². The first kappa shape index (κ1) is 9.89.